The molecule has 0 bridgehead atoms. The third-order valence-electron chi connectivity index (χ3n) is 3.83. The molecular formula is C13H23N3. The van der Waals surface area contributed by atoms with E-state index in [1.54, 1.807) is 0 Å². The van der Waals surface area contributed by atoms with Crippen molar-refractivity contribution in [3.8, 4) is 0 Å². The summed E-state index contributed by atoms with van der Waals surface area (Å²) in [6.45, 7) is 6.38. The van der Waals surface area contributed by atoms with Crippen LogP contribution in [0.4, 0.5) is 0 Å². The van der Waals surface area contributed by atoms with Crippen molar-refractivity contribution in [2.75, 3.05) is 0 Å². The van der Waals surface area contributed by atoms with Crippen LogP contribution in [0.3, 0.4) is 0 Å². The first-order valence-corrected chi connectivity index (χ1v) is 6.54. The highest BCUT2D eigenvalue weighted by molar-refractivity contribution is 4.92. The van der Waals surface area contributed by atoms with Crippen LogP contribution in [0.5, 0.6) is 0 Å². The van der Waals surface area contributed by atoms with Gasteiger partial charge in [-0.1, -0.05) is 12.8 Å². The summed E-state index contributed by atoms with van der Waals surface area (Å²) in [6, 6.07) is 0.629. The van der Waals surface area contributed by atoms with E-state index in [1.165, 1.54) is 25.7 Å². The molecule has 3 heteroatoms. The van der Waals surface area contributed by atoms with Gasteiger partial charge in [0.2, 0.25) is 0 Å². The number of aromatic nitrogens is 2. The highest BCUT2D eigenvalue weighted by Gasteiger charge is 2.21. The Bertz CT molecular complexity index is 313. The highest BCUT2D eigenvalue weighted by Crippen LogP contribution is 2.27. The second-order valence-corrected chi connectivity index (χ2v) is 4.84. The maximum absolute atomic E-state index is 4.39. The Morgan fingerprint density at radius 2 is 2.25 bits per heavy atom. The van der Waals surface area contributed by atoms with Crippen molar-refractivity contribution >= 4 is 0 Å². The predicted molar refractivity (Wildman–Crippen MR) is 66.2 cm³/mol. The molecule has 1 aliphatic rings. The fraction of sp³-hybridized carbons (Fsp3) is 0.769. The van der Waals surface area contributed by atoms with Gasteiger partial charge in [0.1, 0.15) is 5.82 Å². The first kappa shape index (κ1) is 11.6. The molecule has 3 nitrogen and oxygen atoms in total. The van der Waals surface area contributed by atoms with Gasteiger partial charge in [0.15, 0.2) is 0 Å². The van der Waals surface area contributed by atoms with Crippen LogP contribution in [0.2, 0.25) is 0 Å². The second kappa shape index (κ2) is 5.48. The third-order valence-corrected chi connectivity index (χ3v) is 3.83. The first-order valence-electron chi connectivity index (χ1n) is 6.54. The van der Waals surface area contributed by atoms with Gasteiger partial charge in [-0.2, -0.15) is 0 Å². The van der Waals surface area contributed by atoms with Gasteiger partial charge in [-0.15, -0.1) is 0 Å². The summed E-state index contributed by atoms with van der Waals surface area (Å²) < 4.78 is 2.20. The van der Waals surface area contributed by atoms with Crippen LogP contribution in [0.1, 0.15) is 45.4 Å². The van der Waals surface area contributed by atoms with Crippen LogP contribution in [0.15, 0.2) is 12.4 Å². The van der Waals surface area contributed by atoms with E-state index in [2.05, 4.69) is 34.9 Å². The number of nitrogens with one attached hydrogen (secondary N) is 1. The largest absolute Gasteiger partial charge is 0.334 e. The topological polar surface area (TPSA) is 29.9 Å². The summed E-state index contributed by atoms with van der Waals surface area (Å²) in [7, 11) is 0. The Morgan fingerprint density at radius 3 is 2.94 bits per heavy atom. The molecule has 1 heterocycles. The van der Waals surface area contributed by atoms with E-state index in [-0.39, 0.29) is 0 Å². The van der Waals surface area contributed by atoms with Gasteiger partial charge in [0.25, 0.3) is 0 Å². The van der Waals surface area contributed by atoms with Crippen molar-refractivity contribution in [2.24, 2.45) is 5.92 Å². The van der Waals surface area contributed by atoms with Crippen molar-refractivity contribution in [3.63, 3.8) is 0 Å². The molecule has 16 heavy (non-hydrogen) atoms. The van der Waals surface area contributed by atoms with E-state index in [0.29, 0.717) is 6.04 Å². The lowest BCUT2D eigenvalue weighted by molar-refractivity contribution is 0.374. The fourth-order valence-electron chi connectivity index (χ4n) is 2.67. The molecule has 1 fully saturated rings. The Balaban J connectivity index is 1.82. The smallest absolute Gasteiger partial charge is 0.122 e. The average molecular weight is 221 g/mol. The van der Waals surface area contributed by atoms with E-state index in [1.807, 2.05) is 6.20 Å². The zero-order valence-electron chi connectivity index (χ0n) is 10.4. The molecule has 0 amide bonds. The average Bonchev–Trinajstić information content (AvgIpc) is 2.96. The molecule has 0 radical (unpaired) electrons. The van der Waals surface area contributed by atoms with Crippen LogP contribution in [0.25, 0.3) is 0 Å². The monoisotopic (exact) mass is 221 g/mol. The minimum atomic E-state index is 0.629. The minimum absolute atomic E-state index is 0.629. The summed E-state index contributed by atoms with van der Waals surface area (Å²) in [5, 5.41) is 3.62. The molecule has 0 spiro atoms. The van der Waals surface area contributed by atoms with Crippen LogP contribution < -0.4 is 5.32 Å². The lowest BCUT2D eigenvalue weighted by Crippen LogP contribution is -2.32. The minimum Gasteiger partial charge on any atom is -0.334 e. The van der Waals surface area contributed by atoms with Crippen LogP contribution in [-0.4, -0.2) is 15.6 Å². The maximum Gasteiger partial charge on any atom is 0.122 e. The summed E-state index contributed by atoms with van der Waals surface area (Å²) in [5.74, 6) is 2.04. The van der Waals surface area contributed by atoms with Gasteiger partial charge in [0, 0.05) is 25.0 Å². The Hall–Kier alpha value is -0.830. The zero-order chi connectivity index (χ0) is 11.4. The fourth-order valence-corrected chi connectivity index (χ4v) is 2.67. The van der Waals surface area contributed by atoms with E-state index in [0.717, 1.165) is 24.8 Å². The van der Waals surface area contributed by atoms with Crippen molar-refractivity contribution in [1.82, 2.24) is 14.9 Å². The molecule has 2 rings (SSSR count). The zero-order valence-corrected chi connectivity index (χ0v) is 10.4. The van der Waals surface area contributed by atoms with Gasteiger partial charge in [-0.05, 0) is 32.6 Å². The van der Waals surface area contributed by atoms with E-state index in [4.69, 9.17) is 0 Å². The molecule has 1 N–H and O–H groups in total. The van der Waals surface area contributed by atoms with Gasteiger partial charge >= 0.3 is 0 Å². The van der Waals surface area contributed by atoms with E-state index >= 15 is 0 Å². The van der Waals surface area contributed by atoms with Crippen LogP contribution in [-0.2, 0) is 13.1 Å². The summed E-state index contributed by atoms with van der Waals surface area (Å²) in [6.07, 6.45) is 9.57. The Kier molecular flexibility index (Phi) is 3.99. The predicted octanol–water partition coefficient (Wildman–Crippen LogP) is 2.57. The normalized spacial score (nSPS) is 19.1. The Morgan fingerprint density at radius 1 is 1.50 bits per heavy atom. The first-order chi connectivity index (χ1) is 7.81. The SMILES string of the molecule is CCn1ccnc1CN[C@@H](C)C1CCCC1. The summed E-state index contributed by atoms with van der Waals surface area (Å²) in [4.78, 5) is 4.39. The molecule has 0 aliphatic heterocycles. The van der Waals surface area contributed by atoms with Gasteiger partial charge in [-0.25, -0.2) is 4.98 Å². The van der Waals surface area contributed by atoms with Crippen molar-refractivity contribution in [3.05, 3.63) is 18.2 Å². The second-order valence-electron chi connectivity index (χ2n) is 4.84. The van der Waals surface area contributed by atoms with Gasteiger partial charge in [0.05, 0.1) is 6.54 Å². The molecule has 90 valence electrons. The van der Waals surface area contributed by atoms with Gasteiger partial charge < -0.3 is 9.88 Å². The molecule has 1 aromatic rings. The molecule has 0 aromatic carbocycles. The number of hydrogen-bond acceptors (Lipinski definition) is 2. The van der Waals surface area contributed by atoms with Gasteiger partial charge in [-0.3, -0.25) is 0 Å². The van der Waals surface area contributed by atoms with Crippen LogP contribution >= 0.6 is 0 Å². The lowest BCUT2D eigenvalue weighted by Gasteiger charge is -2.20. The molecule has 1 saturated carbocycles. The molecule has 0 saturated heterocycles. The van der Waals surface area contributed by atoms with Crippen molar-refractivity contribution in [2.45, 2.75) is 58.7 Å². The summed E-state index contributed by atoms with van der Waals surface area (Å²) in [5.41, 5.74) is 0. The third kappa shape index (κ3) is 2.64. The quantitative estimate of drug-likeness (QED) is 0.828. The van der Waals surface area contributed by atoms with E-state index < -0.39 is 0 Å². The number of hydrogen-bond donors (Lipinski definition) is 1. The van der Waals surface area contributed by atoms with Crippen LogP contribution in [0, 0.1) is 5.92 Å². The number of rotatable bonds is 5. The molecule has 1 aromatic heterocycles. The number of nitrogens with zero attached hydrogens (tertiary/aromatic N) is 2. The Labute approximate surface area is 98.3 Å². The lowest BCUT2D eigenvalue weighted by atomic mass is 10.00. The molecule has 1 atom stereocenters. The van der Waals surface area contributed by atoms with Crippen molar-refractivity contribution < 1.29 is 0 Å². The van der Waals surface area contributed by atoms with E-state index in [9.17, 15) is 0 Å². The maximum atomic E-state index is 4.39. The number of imidazole rings is 1. The van der Waals surface area contributed by atoms with Crippen molar-refractivity contribution in [1.29, 1.82) is 0 Å². The molecular weight excluding hydrogens is 198 g/mol. The number of aryl methyl sites for hydroxylation is 1. The standard InChI is InChI=1S/C13H23N3/c1-3-16-9-8-14-13(16)10-15-11(2)12-6-4-5-7-12/h8-9,11-12,15H,3-7,10H2,1-2H3/t11-/m0/s1. The highest BCUT2D eigenvalue weighted by atomic mass is 15.1. The summed E-state index contributed by atoms with van der Waals surface area (Å²) >= 11 is 0. The molecule has 1 aliphatic carbocycles. The molecule has 0 unspecified atom stereocenters.